The highest BCUT2D eigenvalue weighted by Gasteiger charge is 2.02. The fourth-order valence-electron chi connectivity index (χ4n) is 1.55. The molecule has 3 nitrogen and oxygen atoms in total. The fourth-order valence-corrected chi connectivity index (χ4v) is 1.72. The number of halogens is 1. The molecule has 2 rings (SSSR count). The van der Waals surface area contributed by atoms with Crippen LogP contribution >= 0.6 is 11.6 Å². The molecule has 0 fully saturated rings. The Morgan fingerprint density at radius 2 is 2.00 bits per heavy atom. The van der Waals surface area contributed by atoms with Crippen LogP contribution in [0.4, 0.5) is 0 Å². The summed E-state index contributed by atoms with van der Waals surface area (Å²) in [5.41, 5.74) is 7.79. The van der Waals surface area contributed by atoms with Gasteiger partial charge in [-0.05, 0) is 30.7 Å². The highest BCUT2D eigenvalue weighted by atomic mass is 35.5. The molecule has 1 aromatic heterocycles. The number of rotatable bonds is 4. The molecule has 0 aliphatic rings. The molecule has 2 aromatic rings. The van der Waals surface area contributed by atoms with E-state index in [1.54, 1.807) is 12.4 Å². The van der Waals surface area contributed by atoms with Gasteiger partial charge in [-0.15, -0.1) is 0 Å². The van der Waals surface area contributed by atoms with E-state index in [-0.39, 0.29) is 6.04 Å². The predicted molar refractivity (Wildman–Crippen MR) is 72.6 cm³/mol. The quantitative estimate of drug-likeness (QED) is 0.919. The van der Waals surface area contributed by atoms with Gasteiger partial charge in [-0.25, -0.2) is 0 Å². The van der Waals surface area contributed by atoms with Crippen LogP contribution in [0, 0.1) is 0 Å². The van der Waals surface area contributed by atoms with Crippen molar-refractivity contribution in [3.8, 4) is 5.75 Å². The number of nitrogens with zero attached hydrogens (tertiary/aromatic N) is 1. The molecule has 0 saturated carbocycles. The summed E-state index contributed by atoms with van der Waals surface area (Å²) in [5.74, 6) is 0.798. The zero-order valence-corrected chi connectivity index (χ0v) is 10.9. The second-order valence-electron chi connectivity index (χ2n) is 4.11. The summed E-state index contributed by atoms with van der Waals surface area (Å²) >= 11 is 6.00. The number of nitrogens with two attached hydrogens (primary N) is 1. The van der Waals surface area contributed by atoms with Crippen LogP contribution in [0.3, 0.4) is 0 Å². The average molecular weight is 263 g/mol. The molecule has 0 spiro atoms. The topological polar surface area (TPSA) is 48.1 Å². The molecule has 18 heavy (non-hydrogen) atoms. The first kappa shape index (κ1) is 12.9. The van der Waals surface area contributed by atoms with Crippen LogP contribution in [-0.2, 0) is 6.61 Å². The molecule has 0 radical (unpaired) electrons. The lowest BCUT2D eigenvalue weighted by Crippen LogP contribution is -2.04. The van der Waals surface area contributed by atoms with Crippen molar-refractivity contribution in [2.45, 2.75) is 19.6 Å². The Morgan fingerprint density at radius 3 is 2.61 bits per heavy atom. The molecule has 0 unspecified atom stereocenters. The monoisotopic (exact) mass is 262 g/mol. The maximum atomic E-state index is 6.00. The van der Waals surface area contributed by atoms with Gasteiger partial charge in [-0.2, -0.15) is 0 Å². The maximum Gasteiger partial charge on any atom is 0.119 e. The summed E-state index contributed by atoms with van der Waals surface area (Å²) < 4.78 is 5.65. The molecular formula is C14H15ClN2O. The van der Waals surface area contributed by atoms with E-state index in [0.29, 0.717) is 11.6 Å². The third-order valence-electron chi connectivity index (χ3n) is 2.66. The zero-order valence-electron chi connectivity index (χ0n) is 10.1. The third kappa shape index (κ3) is 3.22. The lowest BCUT2D eigenvalue weighted by molar-refractivity contribution is 0.306. The lowest BCUT2D eigenvalue weighted by Gasteiger charge is -2.09. The number of hydrogen-bond donors (Lipinski definition) is 1. The smallest absolute Gasteiger partial charge is 0.119 e. The molecular weight excluding hydrogens is 248 g/mol. The molecule has 0 aliphatic heterocycles. The molecule has 0 aliphatic carbocycles. The Balaban J connectivity index is 2.00. The van der Waals surface area contributed by atoms with E-state index in [1.807, 2.05) is 37.3 Å². The van der Waals surface area contributed by atoms with Gasteiger partial charge in [0.1, 0.15) is 12.4 Å². The van der Waals surface area contributed by atoms with Gasteiger partial charge in [0.25, 0.3) is 0 Å². The zero-order chi connectivity index (χ0) is 13.0. The number of pyridine rings is 1. The van der Waals surface area contributed by atoms with Crippen molar-refractivity contribution in [2.75, 3.05) is 0 Å². The summed E-state index contributed by atoms with van der Waals surface area (Å²) in [6, 6.07) is 9.64. The first-order chi connectivity index (χ1) is 8.66. The van der Waals surface area contributed by atoms with Crippen molar-refractivity contribution < 1.29 is 4.74 Å². The van der Waals surface area contributed by atoms with Crippen LogP contribution in [0.25, 0.3) is 0 Å². The Bertz CT molecular complexity index is 511. The van der Waals surface area contributed by atoms with E-state index in [9.17, 15) is 0 Å². The van der Waals surface area contributed by atoms with Crippen molar-refractivity contribution in [3.63, 3.8) is 0 Å². The number of benzene rings is 1. The summed E-state index contributed by atoms with van der Waals surface area (Å²) in [5, 5.41) is 0.615. The molecule has 0 saturated heterocycles. The fraction of sp³-hybridized carbons (Fsp3) is 0.214. The van der Waals surface area contributed by atoms with E-state index >= 15 is 0 Å². The van der Waals surface area contributed by atoms with Crippen LogP contribution < -0.4 is 10.5 Å². The normalized spacial score (nSPS) is 12.2. The standard InChI is InChI=1S/C14H15ClN2O/c1-10(16)11-2-4-13(5-3-11)18-9-12-6-7-17-8-14(12)15/h2-8,10H,9,16H2,1H3/t10-/m0/s1. The molecule has 1 aromatic carbocycles. The minimum atomic E-state index is 0.0358. The summed E-state index contributed by atoms with van der Waals surface area (Å²) in [7, 11) is 0. The van der Waals surface area contributed by atoms with Gasteiger partial charge >= 0.3 is 0 Å². The van der Waals surface area contributed by atoms with Crippen molar-refractivity contribution in [1.29, 1.82) is 0 Å². The Labute approximate surface area is 112 Å². The van der Waals surface area contributed by atoms with Gasteiger partial charge in [-0.3, -0.25) is 4.98 Å². The van der Waals surface area contributed by atoms with Gasteiger partial charge in [0.15, 0.2) is 0 Å². The lowest BCUT2D eigenvalue weighted by atomic mass is 10.1. The Morgan fingerprint density at radius 1 is 1.28 bits per heavy atom. The highest BCUT2D eigenvalue weighted by Crippen LogP contribution is 2.19. The second kappa shape index (κ2) is 5.85. The number of ether oxygens (including phenoxy) is 1. The summed E-state index contributed by atoms with van der Waals surface area (Å²) in [6.07, 6.45) is 3.31. The van der Waals surface area contributed by atoms with Crippen molar-refractivity contribution in [3.05, 3.63) is 58.9 Å². The van der Waals surface area contributed by atoms with Crippen LogP contribution in [0.5, 0.6) is 5.75 Å². The molecule has 4 heteroatoms. The molecule has 94 valence electrons. The summed E-state index contributed by atoms with van der Waals surface area (Å²) in [4.78, 5) is 3.93. The minimum Gasteiger partial charge on any atom is -0.489 e. The second-order valence-corrected chi connectivity index (χ2v) is 4.52. The van der Waals surface area contributed by atoms with Gasteiger partial charge < -0.3 is 10.5 Å². The number of aromatic nitrogens is 1. The van der Waals surface area contributed by atoms with Gasteiger partial charge in [0.2, 0.25) is 0 Å². The first-order valence-corrected chi connectivity index (χ1v) is 6.11. The van der Waals surface area contributed by atoms with Crippen LogP contribution in [-0.4, -0.2) is 4.98 Å². The Hall–Kier alpha value is -1.58. The molecule has 1 heterocycles. The Kier molecular flexibility index (Phi) is 4.18. The van der Waals surface area contributed by atoms with E-state index in [2.05, 4.69) is 4.98 Å². The summed E-state index contributed by atoms with van der Waals surface area (Å²) in [6.45, 7) is 2.38. The van der Waals surface area contributed by atoms with Gasteiger partial charge in [-0.1, -0.05) is 23.7 Å². The maximum absolute atomic E-state index is 6.00. The van der Waals surface area contributed by atoms with Crippen LogP contribution in [0.1, 0.15) is 24.1 Å². The molecule has 2 N–H and O–H groups in total. The van der Waals surface area contributed by atoms with E-state index in [4.69, 9.17) is 22.1 Å². The third-order valence-corrected chi connectivity index (χ3v) is 3.00. The van der Waals surface area contributed by atoms with Gasteiger partial charge in [0, 0.05) is 24.0 Å². The van der Waals surface area contributed by atoms with Crippen molar-refractivity contribution >= 4 is 11.6 Å². The number of hydrogen-bond acceptors (Lipinski definition) is 3. The largest absolute Gasteiger partial charge is 0.489 e. The van der Waals surface area contributed by atoms with E-state index in [0.717, 1.165) is 16.9 Å². The molecule has 1 atom stereocenters. The van der Waals surface area contributed by atoms with Crippen LogP contribution in [0.15, 0.2) is 42.7 Å². The minimum absolute atomic E-state index is 0.0358. The molecule has 0 amide bonds. The van der Waals surface area contributed by atoms with Crippen molar-refractivity contribution in [1.82, 2.24) is 4.98 Å². The van der Waals surface area contributed by atoms with Crippen LogP contribution in [0.2, 0.25) is 5.02 Å². The van der Waals surface area contributed by atoms with Crippen molar-refractivity contribution in [2.24, 2.45) is 5.73 Å². The van der Waals surface area contributed by atoms with Gasteiger partial charge in [0.05, 0.1) is 5.02 Å². The SMILES string of the molecule is C[C@H](N)c1ccc(OCc2ccncc2Cl)cc1. The predicted octanol–water partition coefficient (Wildman–Crippen LogP) is 3.33. The average Bonchev–Trinajstić information content (AvgIpc) is 2.38. The molecule has 0 bridgehead atoms. The van der Waals surface area contributed by atoms with E-state index < -0.39 is 0 Å². The van der Waals surface area contributed by atoms with E-state index in [1.165, 1.54) is 0 Å². The first-order valence-electron chi connectivity index (χ1n) is 5.73. The highest BCUT2D eigenvalue weighted by molar-refractivity contribution is 6.31.